The van der Waals surface area contributed by atoms with Crippen LogP contribution in [0.3, 0.4) is 0 Å². The van der Waals surface area contributed by atoms with Crippen molar-refractivity contribution in [3.8, 4) is 0 Å². The number of esters is 1. The van der Waals surface area contributed by atoms with Gasteiger partial charge in [-0.3, -0.25) is 14.6 Å². The zero-order valence-electron chi connectivity index (χ0n) is 9.87. The van der Waals surface area contributed by atoms with Gasteiger partial charge in [0.15, 0.2) is 0 Å². The number of aromatic nitrogens is 2. The number of aromatic carboxylic acids is 1. The van der Waals surface area contributed by atoms with Crippen molar-refractivity contribution in [2.24, 2.45) is 5.73 Å². The highest BCUT2D eigenvalue weighted by molar-refractivity contribution is 7.80. The van der Waals surface area contributed by atoms with E-state index in [2.05, 4.69) is 17.4 Å². The van der Waals surface area contributed by atoms with E-state index in [9.17, 15) is 19.2 Å². The van der Waals surface area contributed by atoms with E-state index in [-0.39, 0.29) is 0 Å². The maximum absolute atomic E-state index is 10.5. The highest BCUT2D eigenvalue weighted by Gasteiger charge is 2.09. The highest BCUT2D eigenvalue weighted by Crippen LogP contribution is 1.84. The molecule has 0 aliphatic carbocycles. The molecule has 1 aromatic rings. The minimum atomic E-state index is -1.34. The SMILES string of the molecule is COC(=O)[C@@H](N)CS.O=C(O)c1cc(=O)[nH]c(=O)[nH]1. The topological polar surface area (TPSA) is 155 Å². The standard InChI is InChI=1S/C5H4N2O4.C4H9NO2S/c8-3-1-2(4(9)10)6-5(11)7-3;1-7-4(6)3(5)2-8/h1H,(H,9,10)(H2,6,7,8,11);3,8H,2,5H2,1H3/t;3-/m.0/s1. The molecule has 9 nitrogen and oxygen atoms in total. The van der Waals surface area contributed by atoms with Crippen LogP contribution in [0.15, 0.2) is 15.7 Å². The third kappa shape index (κ3) is 6.43. The molecule has 0 radical (unpaired) electrons. The molecule has 0 aromatic carbocycles. The van der Waals surface area contributed by atoms with Crippen LogP contribution >= 0.6 is 12.6 Å². The molecule has 10 heteroatoms. The molecule has 0 saturated heterocycles. The molecular formula is C9H13N3O6S. The zero-order chi connectivity index (χ0) is 15.0. The average molecular weight is 291 g/mol. The number of hydrogen-bond acceptors (Lipinski definition) is 7. The Morgan fingerprint density at radius 3 is 2.37 bits per heavy atom. The Labute approximate surface area is 112 Å². The van der Waals surface area contributed by atoms with E-state index >= 15 is 0 Å². The molecule has 19 heavy (non-hydrogen) atoms. The second kappa shape index (κ2) is 8.11. The quantitative estimate of drug-likeness (QED) is 0.324. The van der Waals surface area contributed by atoms with Crippen LogP contribution in [0.25, 0.3) is 0 Å². The lowest BCUT2D eigenvalue weighted by Gasteiger charge is -2.02. The number of H-pyrrole nitrogens is 2. The lowest BCUT2D eigenvalue weighted by Crippen LogP contribution is -2.32. The number of methoxy groups -OCH3 is 1. The van der Waals surface area contributed by atoms with Crippen LogP contribution in [0.2, 0.25) is 0 Å². The summed E-state index contributed by atoms with van der Waals surface area (Å²) < 4.78 is 4.29. The molecule has 0 bridgehead atoms. The molecule has 5 N–H and O–H groups in total. The van der Waals surface area contributed by atoms with E-state index in [0.717, 1.165) is 6.07 Å². The number of rotatable bonds is 3. The van der Waals surface area contributed by atoms with E-state index in [0.29, 0.717) is 5.75 Å². The molecule has 1 rings (SSSR count). The van der Waals surface area contributed by atoms with Gasteiger partial charge in [0.2, 0.25) is 0 Å². The van der Waals surface area contributed by atoms with E-state index in [1.807, 2.05) is 9.97 Å². The number of carbonyl (C=O) groups excluding carboxylic acids is 1. The van der Waals surface area contributed by atoms with E-state index < -0.39 is 34.9 Å². The van der Waals surface area contributed by atoms with Crippen molar-refractivity contribution >= 4 is 24.6 Å². The van der Waals surface area contributed by atoms with Crippen LogP contribution in [0.1, 0.15) is 10.5 Å². The molecule has 106 valence electrons. The summed E-state index contributed by atoms with van der Waals surface area (Å²) in [5.41, 5.74) is 3.20. The van der Waals surface area contributed by atoms with Gasteiger partial charge in [-0.25, -0.2) is 9.59 Å². The minimum Gasteiger partial charge on any atom is -0.477 e. The molecule has 0 fully saturated rings. The predicted octanol–water partition coefficient (Wildman–Crippen LogP) is -1.82. The van der Waals surface area contributed by atoms with Gasteiger partial charge < -0.3 is 20.6 Å². The predicted molar refractivity (Wildman–Crippen MR) is 68.5 cm³/mol. The lowest BCUT2D eigenvalue weighted by molar-refractivity contribution is -0.141. The van der Waals surface area contributed by atoms with Crippen LogP contribution < -0.4 is 17.0 Å². The fourth-order valence-corrected chi connectivity index (χ4v) is 0.959. The summed E-state index contributed by atoms with van der Waals surface area (Å²) in [6.07, 6.45) is 0. The van der Waals surface area contributed by atoms with Crippen molar-refractivity contribution in [2.75, 3.05) is 12.9 Å². The van der Waals surface area contributed by atoms with E-state index in [4.69, 9.17) is 10.8 Å². The second-order valence-corrected chi connectivity index (χ2v) is 3.48. The number of hydrogen-bond donors (Lipinski definition) is 5. The van der Waals surface area contributed by atoms with Crippen molar-refractivity contribution in [3.05, 3.63) is 32.6 Å². The molecule has 0 unspecified atom stereocenters. The Morgan fingerprint density at radius 2 is 2.05 bits per heavy atom. The van der Waals surface area contributed by atoms with Crippen molar-refractivity contribution in [1.82, 2.24) is 9.97 Å². The third-order valence-electron chi connectivity index (χ3n) is 1.69. The summed E-state index contributed by atoms with van der Waals surface area (Å²) >= 11 is 3.78. The fraction of sp³-hybridized carbons (Fsp3) is 0.333. The Morgan fingerprint density at radius 1 is 1.47 bits per heavy atom. The number of thiol groups is 1. The average Bonchev–Trinajstić information content (AvgIpc) is 2.36. The lowest BCUT2D eigenvalue weighted by atomic mass is 10.4. The van der Waals surface area contributed by atoms with Crippen molar-refractivity contribution in [2.45, 2.75) is 6.04 Å². The van der Waals surface area contributed by atoms with Gasteiger partial charge in [-0.2, -0.15) is 12.6 Å². The Hall–Kier alpha value is -2.07. The maximum atomic E-state index is 10.5. The van der Waals surface area contributed by atoms with Gasteiger partial charge in [-0.15, -0.1) is 0 Å². The first-order valence-corrected chi connectivity index (χ1v) is 5.46. The second-order valence-electron chi connectivity index (χ2n) is 3.12. The Kier molecular flexibility index (Phi) is 7.22. The van der Waals surface area contributed by atoms with Crippen LogP contribution in [0.4, 0.5) is 0 Å². The van der Waals surface area contributed by atoms with E-state index in [1.54, 1.807) is 0 Å². The summed E-state index contributed by atoms with van der Waals surface area (Å²) in [4.78, 5) is 45.2. The molecule has 1 aromatic heterocycles. The molecular weight excluding hydrogens is 278 g/mol. The molecule has 0 aliphatic rings. The highest BCUT2D eigenvalue weighted by atomic mass is 32.1. The molecule has 0 saturated carbocycles. The normalized spacial score (nSPS) is 10.9. The fourth-order valence-electron chi connectivity index (χ4n) is 0.810. The van der Waals surface area contributed by atoms with Gasteiger partial charge in [-0.05, 0) is 0 Å². The van der Waals surface area contributed by atoms with Gasteiger partial charge in [0.1, 0.15) is 11.7 Å². The van der Waals surface area contributed by atoms with Crippen LogP contribution in [0, 0.1) is 0 Å². The molecule has 1 atom stereocenters. The zero-order valence-corrected chi connectivity index (χ0v) is 10.8. The minimum absolute atomic E-state index is 0.326. The van der Waals surface area contributed by atoms with Gasteiger partial charge in [0.05, 0.1) is 7.11 Å². The Bertz CT molecular complexity index is 523. The summed E-state index contributed by atoms with van der Waals surface area (Å²) in [7, 11) is 1.30. The number of nitrogens with two attached hydrogens (primary N) is 1. The van der Waals surface area contributed by atoms with Crippen LogP contribution in [-0.4, -0.2) is 45.9 Å². The number of carbonyl (C=O) groups is 2. The van der Waals surface area contributed by atoms with Crippen molar-refractivity contribution in [1.29, 1.82) is 0 Å². The first-order chi connectivity index (χ1) is 8.81. The number of aromatic amines is 2. The summed E-state index contributed by atoms with van der Waals surface area (Å²) in [5.74, 6) is -1.43. The molecule has 0 aliphatic heterocycles. The van der Waals surface area contributed by atoms with Crippen LogP contribution in [0.5, 0.6) is 0 Å². The first kappa shape index (κ1) is 16.9. The molecule has 1 heterocycles. The summed E-state index contributed by atoms with van der Waals surface area (Å²) in [6.45, 7) is 0. The number of carboxylic acid groups (broad SMARTS) is 1. The maximum Gasteiger partial charge on any atom is 0.352 e. The smallest absolute Gasteiger partial charge is 0.352 e. The molecule has 0 spiro atoms. The Balaban J connectivity index is 0.000000362. The van der Waals surface area contributed by atoms with Crippen molar-refractivity contribution in [3.63, 3.8) is 0 Å². The van der Waals surface area contributed by atoms with Gasteiger partial charge in [-0.1, -0.05) is 0 Å². The monoisotopic (exact) mass is 291 g/mol. The van der Waals surface area contributed by atoms with Gasteiger partial charge in [0.25, 0.3) is 5.56 Å². The first-order valence-electron chi connectivity index (χ1n) is 4.83. The largest absolute Gasteiger partial charge is 0.477 e. The third-order valence-corrected chi connectivity index (χ3v) is 2.08. The van der Waals surface area contributed by atoms with E-state index in [1.165, 1.54) is 7.11 Å². The number of ether oxygens (including phenoxy) is 1. The van der Waals surface area contributed by atoms with Crippen LogP contribution in [-0.2, 0) is 9.53 Å². The number of nitrogens with one attached hydrogen (secondary N) is 2. The summed E-state index contributed by atoms with van der Waals surface area (Å²) in [5, 5.41) is 8.31. The number of carboxylic acids is 1. The van der Waals surface area contributed by atoms with Crippen molar-refractivity contribution < 1.29 is 19.4 Å². The van der Waals surface area contributed by atoms with Gasteiger partial charge in [0, 0.05) is 11.8 Å². The molecule has 0 amide bonds. The summed E-state index contributed by atoms with van der Waals surface area (Å²) in [6, 6.07) is 0.215. The van der Waals surface area contributed by atoms with Gasteiger partial charge >= 0.3 is 17.6 Å².